The number of primary amides is 1. The predicted molar refractivity (Wildman–Crippen MR) is 256 cm³/mol. The highest BCUT2D eigenvalue weighted by atomic mass is 16.5. The third-order valence-corrected chi connectivity index (χ3v) is 13.4. The number of nitrogens with zero attached hydrogens (tertiary/aromatic N) is 3. The van der Waals surface area contributed by atoms with Gasteiger partial charge in [-0.2, -0.15) is 0 Å². The number of fused-ring (bicyclic) bond motifs is 2. The first-order valence-corrected chi connectivity index (χ1v) is 24.6. The van der Waals surface area contributed by atoms with Crippen molar-refractivity contribution >= 4 is 46.5 Å². The van der Waals surface area contributed by atoms with Crippen LogP contribution in [0.5, 0.6) is 0 Å². The molecule has 1 unspecified atom stereocenters. The predicted octanol–water partition coefficient (Wildman–Crippen LogP) is 2.07. The Morgan fingerprint density at radius 3 is 2.29 bits per heavy atom. The molecule has 378 valence electrons. The van der Waals surface area contributed by atoms with E-state index in [-0.39, 0.29) is 61.3 Å². The van der Waals surface area contributed by atoms with Crippen molar-refractivity contribution in [2.24, 2.45) is 30.4 Å². The van der Waals surface area contributed by atoms with E-state index in [2.05, 4.69) is 16.0 Å². The van der Waals surface area contributed by atoms with Gasteiger partial charge in [-0.05, 0) is 98.9 Å². The number of aryl methyl sites for hydroxylation is 3. The number of unbranched alkanes of at least 4 members (excludes halogenated alkanes) is 1. The molecule has 3 heterocycles. The van der Waals surface area contributed by atoms with E-state index in [1.54, 1.807) is 11.9 Å². The second kappa shape index (κ2) is 25.9. The Morgan fingerprint density at radius 2 is 1.57 bits per heavy atom. The molecular formula is C50H72N8O11. The topological polar surface area (TPSA) is 258 Å². The number of imidazole rings is 1. The van der Waals surface area contributed by atoms with E-state index in [0.29, 0.717) is 76.8 Å². The Balaban J connectivity index is 0.789. The highest BCUT2D eigenvalue weighted by Gasteiger charge is 2.57. The number of amides is 6. The number of imide groups is 1. The maximum absolute atomic E-state index is 13.7. The first-order valence-electron chi connectivity index (χ1n) is 24.6. The quantitative estimate of drug-likeness (QED) is 0.0476. The molecule has 0 bridgehead atoms. The Kier molecular flexibility index (Phi) is 19.9. The fourth-order valence-corrected chi connectivity index (χ4v) is 9.27. The molecule has 2 saturated heterocycles. The van der Waals surface area contributed by atoms with Gasteiger partial charge < -0.3 is 45.9 Å². The van der Waals surface area contributed by atoms with Crippen molar-refractivity contribution in [2.75, 3.05) is 52.7 Å². The summed E-state index contributed by atoms with van der Waals surface area (Å²) in [7, 11) is 1.68. The Hall–Kier alpha value is -5.47. The molecule has 2 aliphatic heterocycles. The largest absolute Gasteiger partial charge is 0.379 e. The number of hydrogen-bond acceptors (Lipinski definition) is 12. The molecule has 6 amide bonds. The van der Waals surface area contributed by atoms with Gasteiger partial charge in [-0.15, -0.1) is 0 Å². The van der Waals surface area contributed by atoms with Gasteiger partial charge in [0.25, 0.3) is 0 Å². The van der Waals surface area contributed by atoms with Crippen molar-refractivity contribution in [2.45, 2.75) is 128 Å². The van der Waals surface area contributed by atoms with Gasteiger partial charge in [0.05, 0.1) is 62.3 Å². The third-order valence-electron chi connectivity index (χ3n) is 13.4. The molecule has 1 aliphatic carbocycles. The summed E-state index contributed by atoms with van der Waals surface area (Å²) in [5.41, 5.74) is 15.9. The van der Waals surface area contributed by atoms with Crippen LogP contribution in [0, 0.1) is 11.8 Å². The minimum absolute atomic E-state index is 0.0604. The van der Waals surface area contributed by atoms with Crippen molar-refractivity contribution in [1.29, 1.82) is 0 Å². The van der Waals surface area contributed by atoms with E-state index in [9.17, 15) is 33.6 Å². The maximum Gasteiger partial charge on any atom is 0.329 e. The SMILES string of the molecule is CCCC[C@H](N)C(=O)N1C[C@H]2C[C@H]2[C@H]1C(=O)N[C@@H](CCC(N)=O)[C@@H](C)OCc1ccc(CCCNC(=O)COCCOCCOCCCc2ccc3c(c2)n(C)c(=O)n3C2CCC(=O)NC2=O)cc1. The number of ether oxygens (including phenoxy) is 4. The maximum atomic E-state index is 13.7. The summed E-state index contributed by atoms with van der Waals surface area (Å²) in [5.74, 6) is -1.42. The van der Waals surface area contributed by atoms with E-state index < -0.39 is 42.1 Å². The van der Waals surface area contributed by atoms with Crippen LogP contribution in [0.1, 0.15) is 101 Å². The molecule has 19 heteroatoms. The lowest BCUT2D eigenvalue weighted by Gasteiger charge is -2.32. The lowest BCUT2D eigenvalue weighted by Crippen LogP contribution is -2.56. The second-order valence-corrected chi connectivity index (χ2v) is 18.6. The average molecular weight is 961 g/mol. The number of carbonyl (C=O) groups is 6. The van der Waals surface area contributed by atoms with Crippen LogP contribution in [0.3, 0.4) is 0 Å². The zero-order valence-corrected chi connectivity index (χ0v) is 40.4. The van der Waals surface area contributed by atoms with Crippen molar-refractivity contribution in [3.05, 3.63) is 69.6 Å². The summed E-state index contributed by atoms with van der Waals surface area (Å²) in [5, 5.41) is 8.31. The van der Waals surface area contributed by atoms with Gasteiger partial charge in [0.1, 0.15) is 18.7 Å². The van der Waals surface area contributed by atoms with Crippen molar-refractivity contribution < 1.29 is 47.7 Å². The first-order chi connectivity index (χ1) is 33.2. The van der Waals surface area contributed by atoms with E-state index in [1.165, 1.54) is 9.13 Å². The van der Waals surface area contributed by atoms with Gasteiger partial charge in [0.2, 0.25) is 35.4 Å². The number of nitrogens with one attached hydrogen (secondary N) is 3. The van der Waals surface area contributed by atoms with E-state index in [4.69, 9.17) is 30.4 Å². The van der Waals surface area contributed by atoms with E-state index in [0.717, 1.165) is 67.2 Å². The fraction of sp³-hybridized carbons (Fsp3) is 0.620. The number of nitrogens with two attached hydrogens (primary N) is 2. The molecule has 1 saturated carbocycles. The monoisotopic (exact) mass is 961 g/mol. The Morgan fingerprint density at radius 1 is 0.870 bits per heavy atom. The molecule has 7 N–H and O–H groups in total. The normalized spacial score (nSPS) is 20.0. The molecule has 0 spiro atoms. The molecule has 1 aromatic heterocycles. The zero-order chi connectivity index (χ0) is 49.5. The Bertz CT molecular complexity index is 2300. The van der Waals surface area contributed by atoms with Crippen LogP contribution in [-0.2, 0) is 74.2 Å². The van der Waals surface area contributed by atoms with Gasteiger partial charge >= 0.3 is 5.69 Å². The molecule has 0 radical (unpaired) electrons. The molecule has 69 heavy (non-hydrogen) atoms. The van der Waals surface area contributed by atoms with Gasteiger partial charge in [-0.3, -0.25) is 43.2 Å². The summed E-state index contributed by atoms with van der Waals surface area (Å²) in [4.78, 5) is 89.6. The summed E-state index contributed by atoms with van der Waals surface area (Å²) in [6.07, 6.45) is 6.75. The zero-order valence-electron chi connectivity index (χ0n) is 40.4. The number of aromatic nitrogens is 2. The molecule has 3 aliphatic rings. The number of piperidine rings is 2. The smallest absolute Gasteiger partial charge is 0.329 e. The fourth-order valence-electron chi connectivity index (χ4n) is 9.27. The van der Waals surface area contributed by atoms with Crippen LogP contribution in [0.15, 0.2) is 47.3 Å². The highest BCUT2D eigenvalue weighted by Crippen LogP contribution is 2.50. The van der Waals surface area contributed by atoms with Crippen molar-refractivity contribution in [1.82, 2.24) is 30.0 Å². The van der Waals surface area contributed by atoms with Crippen LogP contribution < -0.4 is 33.1 Å². The average Bonchev–Trinajstić information content (AvgIpc) is 3.92. The van der Waals surface area contributed by atoms with Gasteiger partial charge in [-0.1, -0.05) is 50.1 Å². The number of carbonyl (C=O) groups excluding carboxylic acids is 6. The van der Waals surface area contributed by atoms with Gasteiger partial charge in [-0.25, -0.2) is 4.79 Å². The molecule has 19 nitrogen and oxygen atoms in total. The van der Waals surface area contributed by atoms with Gasteiger partial charge in [0.15, 0.2) is 0 Å². The third kappa shape index (κ3) is 15.0. The molecule has 2 aromatic carbocycles. The second-order valence-electron chi connectivity index (χ2n) is 18.6. The lowest BCUT2D eigenvalue weighted by molar-refractivity contribution is -0.141. The van der Waals surface area contributed by atoms with Crippen molar-refractivity contribution in [3.8, 4) is 0 Å². The highest BCUT2D eigenvalue weighted by molar-refractivity contribution is 6.00. The van der Waals surface area contributed by atoms with Crippen LogP contribution >= 0.6 is 0 Å². The molecule has 7 atom stereocenters. The van der Waals surface area contributed by atoms with E-state index in [1.807, 2.05) is 56.3 Å². The summed E-state index contributed by atoms with van der Waals surface area (Å²) >= 11 is 0. The van der Waals surface area contributed by atoms with Crippen LogP contribution in [0.2, 0.25) is 0 Å². The van der Waals surface area contributed by atoms with Crippen LogP contribution in [0.25, 0.3) is 11.0 Å². The first kappa shape index (κ1) is 52.9. The number of hydrogen-bond donors (Lipinski definition) is 5. The van der Waals surface area contributed by atoms with Crippen LogP contribution in [0.4, 0.5) is 0 Å². The minimum atomic E-state index is -0.714. The Labute approximate surface area is 403 Å². The lowest BCUT2D eigenvalue weighted by atomic mass is 10.0. The molecule has 3 fully saturated rings. The number of likely N-dealkylation sites (tertiary alicyclic amines) is 1. The van der Waals surface area contributed by atoms with Crippen molar-refractivity contribution in [3.63, 3.8) is 0 Å². The van der Waals surface area contributed by atoms with Crippen LogP contribution in [-0.4, -0.2) is 126 Å². The molecular weight excluding hydrogens is 889 g/mol. The minimum Gasteiger partial charge on any atom is -0.379 e. The number of benzene rings is 2. The molecule has 3 aromatic rings. The summed E-state index contributed by atoms with van der Waals surface area (Å²) in [6, 6.07) is 11.4. The summed E-state index contributed by atoms with van der Waals surface area (Å²) in [6.45, 7) is 7.14. The van der Waals surface area contributed by atoms with Gasteiger partial charge in [0, 0.05) is 39.6 Å². The molecule has 6 rings (SSSR count). The van der Waals surface area contributed by atoms with E-state index >= 15 is 0 Å². The summed E-state index contributed by atoms with van der Waals surface area (Å²) < 4.78 is 26.0. The standard InChI is InChI=1S/C50H72N8O11/c1-4-5-10-38(51)49(64)57-29-36-28-37(36)46(57)48(63)54-39(16-19-43(52)59)32(2)69-30-35-13-11-33(12-14-35)8-6-21-53-45(61)31-68-26-25-67-24-23-66-22-7-9-34-15-17-40-42(27-34)56(3)50(65)58(40)41-18-20-44(60)55-47(41)62/h11-15,17,27,32,36-39,41,46H,4-10,16,18-26,28-31,51H2,1-3H3,(H2,52,59)(H,53,61)(H,54,63)(H,55,60,62)/t32-,36-,37-,38+,39+,41?,46+/m1/s1. The number of rotatable bonds is 30.